The summed E-state index contributed by atoms with van der Waals surface area (Å²) in [6.07, 6.45) is -2.34. The molecule has 1 heterocycles. The van der Waals surface area contributed by atoms with Crippen LogP contribution in [-0.2, 0) is 30.7 Å². The number of nitrogens with one attached hydrogen (secondary N) is 3. The summed E-state index contributed by atoms with van der Waals surface area (Å²) < 4.78 is 23.6. The van der Waals surface area contributed by atoms with E-state index in [2.05, 4.69) is 73.1 Å². The van der Waals surface area contributed by atoms with Crippen LogP contribution < -0.4 is 21.4 Å². The van der Waals surface area contributed by atoms with Gasteiger partial charge in [0.05, 0.1) is 11.2 Å². The molecule has 3 rings (SSSR count). The minimum absolute atomic E-state index is 0.0371. The second-order valence-corrected chi connectivity index (χ2v) is 15.5. The first-order valence-corrected chi connectivity index (χ1v) is 15.3. The van der Waals surface area contributed by atoms with Crippen molar-refractivity contribution < 1.29 is 28.4 Å². The highest BCUT2D eigenvalue weighted by Gasteiger charge is 2.51. The van der Waals surface area contributed by atoms with E-state index in [0.29, 0.717) is 0 Å². The summed E-state index contributed by atoms with van der Waals surface area (Å²) >= 11 is 0. The molecule has 1 saturated heterocycles. The normalized spacial score (nSPS) is 16.5. The van der Waals surface area contributed by atoms with E-state index in [9.17, 15) is 9.59 Å². The largest absolute Gasteiger partial charge is 0.494 e. The van der Waals surface area contributed by atoms with Crippen molar-refractivity contribution in [3.05, 3.63) is 53.6 Å². The van der Waals surface area contributed by atoms with Crippen LogP contribution in [0.2, 0.25) is 0 Å². The molecule has 0 bridgehead atoms. The lowest BCUT2D eigenvalue weighted by Crippen LogP contribution is -2.57. The van der Waals surface area contributed by atoms with Gasteiger partial charge >= 0.3 is 19.3 Å². The minimum Gasteiger partial charge on any atom is -0.444 e. The molecule has 9 nitrogen and oxygen atoms in total. The molecule has 0 aromatic heterocycles. The van der Waals surface area contributed by atoms with Crippen LogP contribution in [0.25, 0.3) is 11.1 Å². The Hall–Kier alpha value is -3.08. The standard InChI is InChI=1S/C34H52BN3O6/c1-30(2,3)25-16-14-23(15-17-25)24-18-22(19-26(20-24)35-43-33(10,11)34(12,13)44-35)21-36-27(37-28(39)41-31(4,5)6)38-29(40)42-32(7,8)9/h14-20,27,36H,21H2,1-13H3,(H,37,39)(H,38,40). The van der Waals surface area contributed by atoms with Gasteiger partial charge in [0.2, 0.25) is 0 Å². The van der Waals surface area contributed by atoms with E-state index in [1.165, 1.54) is 5.56 Å². The van der Waals surface area contributed by atoms with Gasteiger partial charge in [0, 0.05) is 6.54 Å². The first kappa shape index (κ1) is 35.4. The third-order valence-corrected chi connectivity index (χ3v) is 7.46. The summed E-state index contributed by atoms with van der Waals surface area (Å²) in [5.41, 5.74) is 2.66. The Morgan fingerprint density at radius 3 is 1.66 bits per heavy atom. The molecule has 1 aliphatic heterocycles. The molecule has 10 heteroatoms. The fraction of sp³-hybridized carbons (Fsp3) is 0.588. The maximum absolute atomic E-state index is 12.6. The maximum Gasteiger partial charge on any atom is 0.494 e. The highest BCUT2D eigenvalue weighted by atomic mass is 16.7. The van der Waals surface area contributed by atoms with Gasteiger partial charge in [-0.25, -0.2) is 9.59 Å². The van der Waals surface area contributed by atoms with Crippen molar-refractivity contribution in [2.45, 2.75) is 131 Å². The average Bonchev–Trinajstić information content (AvgIpc) is 3.06. The van der Waals surface area contributed by atoms with Gasteiger partial charge in [-0.2, -0.15) is 0 Å². The van der Waals surface area contributed by atoms with Crippen LogP contribution in [-0.4, -0.2) is 48.0 Å². The summed E-state index contributed by atoms with van der Waals surface area (Å²) in [5, 5.41) is 8.59. The zero-order valence-electron chi connectivity index (χ0n) is 28.9. The molecule has 44 heavy (non-hydrogen) atoms. The van der Waals surface area contributed by atoms with Gasteiger partial charge in [0.1, 0.15) is 11.2 Å². The van der Waals surface area contributed by atoms with Gasteiger partial charge in [-0.3, -0.25) is 16.0 Å². The third kappa shape index (κ3) is 9.97. The molecule has 242 valence electrons. The number of hydrogen-bond acceptors (Lipinski definition) is 7. The lowest BCUT2D eigenvalue weighted by molar-refractivity contribution is 0.00578. The SMILES string of the molecule is CC(C)(C)OC(=O)NC(NCc1cc(B2OC(C)(C)C(C)(C)O2)cc(-c2ccc(C(C)(C)C)cc2)c1)NC(=O)OC(C)(C)C. The Labute approximate surface area is 264 Å². The van der Waals surface area contributed by atoms with E-state index in [-0.39, 0.29) is 12.0 Å². The molecule has 2 aromatic carbocycles. The van der Waals surface area contributed by atoms with Gasteiger partial charge in [-0.05, 0) is 108 Å². The van der Waals surface area contributed by atoms with Crippen molar-refractivity contribution in [3.8, 4) is 11.1 Å². The van der Waals surface area contributed by atoms with Crippen LogP contribution in [0.4, 0.5) is 9.59 Å². The molecule has 0 atom stereocenters. The van der Waals surface area contributed by atoms with Crippen molar-refractivity contribution in [2.24, 2.45) is 0 Å². The predicted octanol–water partition coefficient (Wildman–Crippen LogP) is 6.37. The highest BCUT2D eigenvalue weighted by Crippen LogP contribution is 2.37. The van der Waals surface area contributed by atoms with Crippen molar-refractivity contribution in [1.29, 1.82) is 0 Å². The predicted molar refractivity (Wildman–Crippen MR) is 176 cm³/mol. The van der Waals surface area contributed by atoms with Gasteiger partial charge in [0.25, 0.3) is 0 Å². The maximum atomic E-state index is 12.6. The molecular weight excluding hydrogens is 557 g/mol. The summed E-state index contributed by atoms with van der Waals surface area (Å²) in [7, 11) is -0.567. The van der Waals surface area contributed by atoms with Gasteiger partial charge in [-0.1, -0.05) is 57.2 Å². The number of benzene rings is 2. The molecule has 2 amide bonds. The molecule has 0 unspecified atom stereocenters. The van der Waals surface area contributed by atoms with Crippen LogP contribution in [0.1, 0.15) is 101 Å². The molecule has 1 fully saturated rings. The number of ether oxygens (including phenoxy) is 2. The van der Waals surface area contributed by atoms with Crippen LogP contribution >= 0.6 is 0 Å². The Morgan fingerprint density at radius 2 is 1.23 bits per heavy atom. The Kier molecular flexibility index (Phi) is 10.2. The average molecular weight is 610 g/mol. The van der Waals surface area contributed by atoms with E-state index in [0.717, 1.165) is 22.2 Å². The van der Waals surface area contributed by atoms with Crippen molar-refractivity contribution >= 4 is 24.8 Å². The Bertz CT molecular complexity index is 1270. The lowest BCUT2D eigenvalue weighted by atomic mass is 9.76. The molecule has 1 aliphatic rings. The third-order valence-electron chi connectivity index (χ3n) is 7.46. The van der Waals surface area contributed by atoms with Crippen molar-refractivity contribution in [3.63, 3.8) is 0 Å². The minimum atomic E-state index is -0.977. The van der Waals surface area contributed by atoms with Crippen LogP contribution in [0.3, 0.4) is 0 Å². The molecule has 0 radical (unpaired) electrons. The zero-order valence-corrected chi connectivity index (χ0v) is 28.9. The van der Waals surface area contributed by atoms with Crippen molar-refractivity contribution in [1.82, 2.24) is 16.0 Å². The smallest absolute Gasteiger partial charge is 0.444 e. The summed E-state index contributed by atoms with van der Waals surface area (Å²) in [4.78, 5) is 25.3. The van der Waals surface area contributed by atoms with Crippen LogP contribution in [0.15, 0.2) is 42.5 Å². The van der Waals surface area contributed by atoms with Gasteiger partial charge < -0.3 is 18.8 Å². The number of carbonyl (C=O) groups is 2. The molecule has 0 spiro atoms. The first-order valence-electron chi connectivity index (χ1n) is 15.3. The monoisotopic (exact) mass is 609 g/mol. The van der Waals surface area contributed by atoms with Gasteiger partial charge in [-0.15, -0.1) is 0 Å². The second-order valence-electron chi connectivity index (χ2n) is 15.5. The molecule has 2 aromatic rings. The molecule has 3 N–H and O–H groups in total. The quantitative estimate of drug-likeness (QED) is 0.247. The fourth-order valence-corrected chi connectivity index (χ4v) is 4.47. The number of amides is 2. The zero-order chi connectivity index (χ0) is 33.3. The summed E-state index contributed by atoms with van der Waals surface area (Å²) in [6, 6.07) is 14.7. The number of alkyl carbamates (subject to hydrolysis) is 2. The number of carbonyl (C=O) groups excluding carboxylic acids is 2. The van der Waals surface area contributed by atoms with Crippen molar-refractivity contribution in [2.75, 3.05) is 0 Å². The summed E-state index contributed by atoms with van der Waals surface area (Å²) in [5.74, 6) is 0. The Morgan fingerprint density at radius 1 is 0.750 bits per heavy atom. The molecule has 0 aliphatic carbocycles. The number of hydrogen-bond donors (Lipinski definition) is 3. The van der Waals surface area contributed by atoms with E-state index in [1.807, 2.05) is 33.8 Å². The number of rotatable bonds is 7. The topological polar surface area (TPSA) is 107 Å². The fourth-order valence-electron chi connectivity index (χ4n) is 4.47. The lowest BCUT2D eigenvalue weighted by Gasteiger charge is -2.32. The van der Waals surface area contributed by atoms with Crippen LogP contribution in [0.5, 0.6) is 0 Å². The van der Waals surface area contributed by atoms with E-state index in [4.69, 9.17) is 18.8 Å². The summed E-state index contributed by atoms with van der Waals surface area (Å²) in [6.45, 7) is 25.6. The molecular formula is C34H52BN3O6. The van der Waals surface area contributed by atoms with Crippen LogP contribution in [0, 0.1) is 0 Å². The second kappa shape index (κ2) is 12.7. The van der Waals surface area contributed by atoms with E-state index in [1.54, 1.807) is 41.5 Å². The Balaban J connectivity index is 1.94. The van der Waals surface area contributed by atoms with E-state index < -0.39 is 48.0 Å². The first-order chi connectivity index (χ1) is 19.9. The molecule has 0 saturated carbocycles. The highest BCUT2D eigenvalue weighted by molar-refractivity contribution is 6.62. The van der Waals surface area contributed by atoms with E-state index >= 15 is 0 Å². The van der Waals surface area contributed by atoms with Gasteiger partial charge in [0.15, 0.2) is 6.29 Å².